The highest BCUT2D eigenvalue weighted by Crippen LogP contribution is 2.44. The lowest BCUT2D eigenvalue weighted by atomic mass is 9.98. The van der Waals surface area contributed by atoms with Crippen LogP contribution in [0.15, 0.2) is 12.1 Å². The van der Waals surface area contributed by atoms with Crippen molar-refractivity contribution in [2.45, 2.75) is 43.9 Å². The first kappa shape index (κ1) is 13.1. The Kier molecular flexibility index (Phi) is 2.78. The van der Waals surface area contributed by atoms with Crippen molar-refractivity contribution in [3.63, 3.8) is 0 Å². The van der Waals surface area contributed by atoms with Crippen LogP contribution >= 0.6 is 11.6 Å². The van der Waals surface area contributed by atoms with Crippen LogP contribution in [0.3, 0.4) is 0 Å². The summed E-state index contributed by atoms with van der Waals surface area (Å²) in [4.78, 5) is 25.4. The summed E-state index contributed by atoms with van der Waals surface area (Å²) in [5.41, 5.74) is 1.73. The lowest BCUT2D eigenvalue weighted by Gasteiger charge is -2.39. The van der Waals surface area contributed by atoms with Crippen LogP contribution in [0.5, 0.6) is 0 Å². The normalized spacial score (nSPS) is 30.6. The average Bonchev–Trinajstić information content (AvgIpc) is 2.85. The first-order chi connectivity index (χ1) is 10.0. The van der Waals surface area contributed by atoms with E-state index in [0.717, 1.165) is 31.4 Å². The molecule has 3 aliphatic heterocycles. The number of hydrogen-bond donors (Lipinski definition) is 2. The number of fused-ring (bicyclic) bond motifs is 3. The Hall–Kier alpha value is -1.59. The quantitative estimate of drug-likeness (QED) is 0.778. The molecule has 1 aromatic carbocycles. The maximum absolute atomic E-state index is 11.7. The second-order valence-electron chi connectivity index (χ2n) is 6.05. The van der Waals surface area contributed by atoms with E-state index in [1.54, 1.807) is 12.1 Å². The fraction of sp³-hybridized carbons (Fsp3) is 0.467. The van der Waals surface area contributed by atoms with Crippen LogP contribution in [0.2, 0.25) is 5.02 Å². The summed E-state index contributed by atoms with van der Waals surface area (Å²) in [7, 11) is 0. The van der Waals surface area contributed by atoms with Gasteiger partial charge in [0.05, 0.1) is 28.1 Å². The van der Waals surface area contributed by atoms with Crippen LogP contribution in [0.4, 0.5) is 11.4 Å². The zero-order valence-corrected chi connectivity index (χ0v) is 12.1. The van der Waals surface area contributed by atoms with Gasteiger partial charge in [-0.3, -0.25) is 9.59 Å². The topological polar surface area (TPSA) is 69.6 Å². The molecule has 110 valence electrons. The average molecular weight is 307 g/mol. The molecule has 6 heteroatoms. The monoisotopic (exact) mass is 306 g/mol. The van der Waals surface area contributed by atoms with E-state index in [-0.39, 0.29) is 18.2 Å². The summed E-state index contributed by atoms with van der Waals surface area (Å²) in [6.45, 7) is 0. The van der Waals surface area contributed by atoms with Crippen LogP contribution in [-0.4, -0.2) is 35.0 Å². The molecular weight excluding hydrogens is 292 g/mol. The van der Waals surface area contributed by atoms with Crippen molar-refractivity contribution in [1.29, 1.82) is 0 Å². The van der Waals surface area contributed by atoms with Crippen molar-refractivity contribution in [3.05, 3.63) is 22.7 Å². The molecule has 21 heavy (non-hydrogen) atoms. The summed E-state index contributed by atoms with van der Waals surface area (Å²) in [6, 6.07) is 3.93. The third-order valence-corrected chi connectivity index (χ3v) is 5.08. The Bertz CT molecular complexity index is 647. The van der Waals surface area contributed by atoms with Crippen LogP contribution in [0.1, 0.15) is 36.0 Å². The summed E-state index contributed by atoms with van der Waals surface area (Å²) >= 11 is 6.35. The minimum Gasteiger partial charge on any atom is -0.393 e. The lowest BCUT2D eigenvalue weighted by molar-refractivity contribution is -0.112. The van der Waals surface area contributed by atoms with E-state index in [1.165, 1.54) is 0 Å². The number of nitrogens with one attached hydrogen (secondary N) is 1. The van der Waals surface area contributed by atoms with Gasteiger partial charge in [-0.2, -0.15) is 0 Å². The maximum atomic E-state index is 11.7. The second kappa shape index (κ2) is 4.45. The van der Waals surface area contributed by atoms with E-state index < -0.39 is 11.7 Å². The van der Waals surface area contributed by atoms with Crippen molar-refractivity contribution < 1.29 is 14.7 Å². The van der Waals surface area contributed by atoms with E-state index >= 15 is 0 Å². The standard InChI is InChI=1S/C15H15ClN2O3/c16-11-5-10-12(17-15(21)14(10)20)6-13(11)18-7-1-2-8(18)4-9(19)3-7/h5-9,19H,1-4H2,(H,17,20,21). The minimum atomic E-state index is -0.602. The fourth-order valence-electron chi connectivity index (χ4n) is 3.89. The van der Waals surface area contributed by atoms with E-state index in [0.29, 0.717) is 16.3 Å². The number of aliphatic hydroxyl groups is 1. The van der Waals surface area contributed by atoms with Gasteiger partial charge in [0.15, 0.2) is 0 Å². The van der Waals surface area contributed by atoms with Gasteiger partial charge in [0.2, 0.25) is 0 Å². The van der Waals surface area contributed by atoms with Crippen LogP contribution in [0, 0.1) is 0 Å². The zero-order valence-electron chi connectivity index (χ0n) is 11.3. The summed E-state index contributed by atoms with van der Waals surface area (Å²) in [5, 5.41) is 13.0. The van der Waals surface area contributed by atoms with Gasteiger partial charge >= 0.3 is 0 Å². The molecule has 3 aliphatic rings. The molecule has 4 rings (SSSR count). The molecule has 1 aromatic rings. The molecule has 5 nitrogen and oxygen atoms in total. The van der Waals surface area contributed by atoms with Gasteiger partial charge < -0.3 is 15.3 Å². The van der Waals surface area contributed by atoms with Gasteiger partial charge in [0, 0.05) is 12.1 Å². The number of carbonyl (C=O) groups excluding carboxylic acids is 2. The number of nitrogens with zero attached hydrogens (tertiary/aromatic N) is 1. The van der Waals surface area contributed by atoms with Gasteiger partial charge in [0.25, 0.3) is 11.7 Å². The number of ketones is 1. The number of amides is 1. The molecule has 2 N–H and O–H groups in total. The fourth-order valence-corrected chi connectivity index (χ4v) is 4.16. The van der Waals surface area contributed by atoms with Gasteiger partial charge in [-0.05, 0) is 37.8 Å². The lowest BCUT2D eigenvalue weighted by Crippen LogP contribution is -2.45. The number of hydrogen-bond acceptors (Lipinski definition) is 4. The largest absolute Gasteiger partial charge is 0.393 e. The Morgan fingerprint density at radius 3 is 2.52 bits per heavy atom. The van der Waals surface area contributed by atoms with Gasteiger partial charge in [-0.25, -0.2) is 0 Å². The van der Waals surface area contributed by atoms with Gasteiger partial charge in [-0.1, -0.05) is 11.6 Å². The first-order valence-electron chi connectivity index (χ1n) is 7.20. The van der Waals surface area contributed by atoms with Crippen LogP contribution < -0.4 is 10.2 Å². The number of Topliss-reactive ketones (excluding diaryl/α,β-unsaturated/α-hetero) is 1. The smallest absolute Gasteiger partial charge is 0.296 e. The Morgan fingerprint density at radius 2 is 1.86 bits per heavy atom. The molecule has 2 bridgehead atoms. The van der Waals surface area contributed by atoms with E-state index in [1.807, 2.05) is 0 Å². The molecule has 0 aliphatic carbocycles. The second-order valence-corrected chi connectivity index (χ2v) is 6.46. The molecular formula is C15H15ClN2O3. The van der Waals surface area contributed by atoms with Gasteiger partial charge in [-0.15, -0.1) is 0 Å². The number of rotatable bonds is 1. The highest BCUT2D eigenvalue weighted by Gasteiger charge is 2.41. The third kappa shape index (κ3) is 1.88. The van der Waals surface area contributed by atoms with Crippen LogP contribution in [0.25, 0.3) is 0 Å². The molecule has 0 spiro atoms. The predicted molar refractivity (Wildman–Crippen MR) is 78.9 cm³/mol. The minimum absolute atomic E-state index is 0.242. The summed E-state index contributed by atoms with van der Waals surface area (Å²) < 4.78 is 0. The molecule has 3 heterocycles. The van der Waals surface area contributed by atoms with Crippen LogP contribution in [-0.2, 0) is 4.79 Å². The molecule has 0 aromatic heterocycles. The van der Waals surface area contributed by atoms with E-state index in [9.17, 15) is 14.7 Å². The molecule has 1 amide bonds. The highest BCUT2D eigenvalue weighted by molar-refractivity contribution is 6.52. The molecule has 2 saturated heterocycles. The number of aliphatic hydroxyl groups excluding tert-OH is 1. The van der Waals surface area contributed by atoms with E-state index in [2.05, 4.69) is 10.2 Å². The summed E-state index contributed by atoms with van der Waals surface area (Å²) in [5.74, 6) is -1.13. The predicted octanol–water partition coefficient (Wildman–Crippen LogP) is 1.97. The number of carbonyl (C=O) groups is 2. The molecule has 0 saturated carbocycles. The molecule has 0 radical (unpaired) electrons. The Morgan fingerprint density at radius 1 is 1.19 bits per heavy atom. The van der Waals surface area contributed by atoms with Gasteiger partial charge in [0.1, 0.15) is 0 Å². The SMILES string of the molecule is O=C1Nc2cc(N3C4CCC3CC(O)C4)c(Cl)cc2C1=O. The Labute approximate surface area is 126 Å². The van der Waals surface area contributed by atoms with Crippen molar-refractivity contribution >= 4 is 34.7 Å². The van der Waals surface area contributed by atoms with E-state index in [4.69, 9.17) is 11.6 Å². The summed E-state index contributed by atoms with van der Waals surface area (Å²) in [6.07, 6.45) is 3.33. The van der Waals surface area contributed by atoms with Crippen molar-refractivity contribution in [3.8, 4) is 0 Å². The third-order valence-electron chi connectivity index (χ3n) is 4.77. The number of benzene rings is 1. The molecule has 2 unspecified atom stereocenters. The number of anilines is 2. The number of piperidine rings is 1. The van der Waals surface area contributed by atoms with Crippen molar-refractivity contribution in [2.75, 3.05) is 10.2 Å². The number of halogens is 1. The first-order valence-corrected chi connectivity index (χ1v) is 7.58. The molecule has 2 atom stereocenters. The van der Waals surface area contributed by atoms with Crippen molar-refractivity contribution in [1.82, 2.24) is 0 Å². The zero-order chi connectivity index (χ0) is 14.7. The molecule has 2 fully saturated rings. The van der Waals surface area contributed by atoms with Crippen molar-refractivity contribution in [2.24, 2.45) is 0 Å². The maximum Gasteiger partial charge on any atom is 0.296 e. The Balaban J connectivity index is 1.76. The highest BCUT2D eigenvalue weighted by atomic mass is 35.5.